The minimum absolute atomic E-state index is 0.138. The normalized spacial score (nSPS) is 19.4. The molecule has 0 fully saturated rings. The lowest BCUT2D eigenvalue weighted by Crippen LogP contribution is -2.33. The van der Waals surface area contributed by atoms with E-state index in [0.29, 0.717) is 0 Å². The molecule has 0 saturated carbocycles. The van der Waals surface area contributed by atoms with Gasteiger partial charge in [0.2, 0.25) is 6.23 Å². The van der Waals surface area contributed by atoms with Crippen molar-refractivity contribution in [2.75, 3.05) is 7.11 Å². The zero-order valence-electron chi connectivity index (χ0n) is 18.0. The highest BCUT2D eigenvalue weighted by Gasteiger charge is 2.40. The van der Waals surface area contributed by atoms with E-state index in [9.17, 15) is 0 Å². The van der Waals surface area contributed by atoms with E-state index >= 15 is 0 Å². The molecule has 0 N–H and O–H groups in total. The van der Waals surface area contributed by atoms with E-state index in [-0.39, 0.29) is 18.4 Å². The Morgan fingerprint density at radius 3 is 2.35 bits per heavy atom. The monoisotopic (exact) mass is 414 g/mol. The van der Waals surface area contributed by atoms with E-state index in [2.05, 4.69) is 41.4 Å². The van der Waals surface area contributed by atoms with Gasteiger partial charge >= 0.3 is 0 Å². The third kappa shape index (κ3) is 3.72. The van der Waals surface area contributed by atoms with Gasteiger partial charge in [-0.25, -0.2) is 5.01 Å². The molecule has 158 valence electrons. The molecule has 0 aromatic heterocycles. The van der Waals surface area contributed by atoms with Crippen LogP contribution in [0.2, 0.25) is 0 Å². The van der Waals surface area contributed by atoms with Gasteiger partial charge in [-0.15, -0.1) is 0 Å². The molecule has 2 heterocycles. The first-order chi connectivity index (χ1) is 15.1. The van der Waals surface area contributed by atoms with Crippen LogP contribution in [0.3, 0.4) is 0 Å². The van der Waals surface area contributed by atoms with Crippen molar-refractivity contribution >= 4 is 5.71 Å². The fraction of sp³-hybridized carbons (Fsp3) is 0.269. The highest BCUT2D eigenvalue weighted by molar-refractivity contribution is 6.02. The SMILES string of the molecule is COc1ccc(C2=NN3C(C2)c2ccccc2OC3c2ccc(OC(C)C)cc2)cc1. The van der Waals surface area contributed by atoms with Crippen molar-refractivity contribution in [2.24, 2.45) is 5.10 Å². The molecular formula is C26H26N2O3. The second-order valence-corrected chi connectivity index (χ2v) is 8.12. The largest absolute Gasteiger partial charge is 0.497 e. The van der Waals surface area contributed by atoms with Crippen LogP contribution < -0.4 is 14.2 Å². The van der Waals surface area contributed by atoms with Gasteiger partial charge in [0.1, 0.15) is 17.2 Å². The van der Waals surface area contributed by atoms with Crippen LogP contribution in [0.1, 0.15) is 49.2 Å². The number of para-hydroxylation sites is 1. The molecule has 2 aliphatic rings. The molecule has 0 radical (unpaired) electrons. The minimum atomic E-state index is -0.288. The number of hydrogen-bond donors (Lipinski definition) is 0. The van der Waals surface area contributed by atoms with Gasteiger partial charge in [0.05, 0.1) is 25.0 Å². The van der Waals surface area contributed by atoms with Gasteiger partial charge in [0.25, 0.3) is 0 Å². The quantitative estimate of drug-likeness (QED) is 0.535. The summed E-state index contributed by atoms with van der Waals surface area (Å²) >= 11 is 0. The Kier molecular flexibility index (Phi) is 5.02. The van der Waals surface area contributed by atoms with Crippen molar-refractivity contribution in [1.82, 2.24) is 5.01 Å². The summed E-state index contributed by atoms with van der Waals surface area (Å²) in [5.41, 5.74) is 4.38. The van der Waals surface area contributed by atoms with Crippen molar-refractivity contribution in [3.63, 3.8) is 0 Å². The highest BCUT2D eigenvalue weighted by atomic mass is 16.5. The first-order valence-electron chi connectivity index (χ1n) is 10.6. The maximum Gasteiger partial charge on any atom is 0.213 e. The Bertz CT molecular complexity index is 1090. The molecule has 31 heavy (non-hydrogen) atoms. The molecular weight excluding hydrogens is 388 g/mol. The van der Waals surface area contributed by atoms with Gasteiger partial charge < -0.3 is 14.2 Å². The van der Waals surface area contributed by atoms with E-state index in [1.807, 2.05) is 50.2 Å². The highest BCUT2D eigenvalue weighted by Crippen LogP contribution is 2.47. The van der Waals surface area contributed by atoms with Crippen LogP contribution in [0.15, 0.2) is 77.9 Å². The summed E-state index contributed by atoms with van der Waals surface area (Å²) < 4.78 is 17.5. The Hall–Kier alpha value is -3.47. The third-order valence-corrected chi connectivity index (χ3v) is 5.66. The van der Waals surface area contributed by atoms with E-state index < -0.39 is 0 Å². The van der Waals surface area contributed by atoms with E-state index in [1.165, 1.54) is 5.56 Å². The number of benzene rings is 3. The number of ether oxygens (including phenoxy) is 3. The molecule has 5 heteroatoms. The first-order valence-corrected chi connectivity index (χ1v) is 10.6. The average Bonchev–Trinajstić information content (AvgIpc) is 3.25. The third-order valence-electron chi connectivity index (χ3n) is 5.66. The molecule has 2 atom stereocenters. The topological polar surface area (TPSA) is 43.3 Å². The molecule has 2 unspecified atom stereocenters. The van der Waals surface area contributed by atoms with Crippen LogP contribution in [0.25, 0.3) is 0 Å². The summed E-state index contributed by atoms with van der Waals surface area (Å²) in [4.78, 5) is 0. The van der Waals surface area contributed by atoms with E-state index in [0.717, 1.165) is 40.5 Å². The Labute approximate surface area is 182 Å². The molecule has 0 aliphatic carbocycles. The molecule has 0 saturated heterocycles. The predicted octanol–water partition coefficient (Wildman–Crippen LogP) is 5.72. The smallest absolute Gasteiger partial charge is 0.213 e. The van der Waals surface area contributed by atoms with Crippen LogP contribution in [-0.2, 0) is 0 Å². The molecule has 0 spiro atoms. The van der Waals surface area contributed by atoms with E-state index in [4.69, 9.17) is 19.3 Å². The molecule has 2 aliphatic heterocycles. The summed E-state index contributed by atoms with van der Waals surface area (Å²) in [6.07, 6.45) is 0.685. The van der Waals surface area contributed by atoms with Crippen LogP contribution in [0.5, 0.6) is 17.2 Å². The zero-order chi connectivity index (χ0) is 21.4. The van der Waals surface area contributed by atoms with Crippen LogP contribution >= 0.6 is 0 Å². The van der Waals surface area contributed by atoms with Gasteiger partial charge in [-0.05, 0) is 74.0 Å². The van der Waals surface area contributed by atoms with Crippen LogP contribution in [-0.4, -0.2) is 23.9 Å². The molecule has 5 nitrogen and oxygen atoms in total. The summed E-state index contributed by atoms with van der Waals surface area (Å²) in [6, 6.07) is 24.6. The summed E-state index contributed by atoms with van der Waals surface area (Å²) in [5.74, 6) is 2.62. The number of hydrogen-bond acceptors (Lipinski definition) is 5. The number of hydrazone groups is 1. The lowest BCUT2D eigenvalue weighted by Gasteiger charge is -2.38. The number of nitrogens with zero attached hydrogens (tertiary/aromatic N) is 2. The predicted molar refractivity (Wildman–Crippen MR) is 121 cm³/mol. The standard InChI is InChI=1S/C26H26N2O3/c1-17(2)30-21-14-10-19(11-15-21)26-28-24(22-6-4-5-7-25(22)31-26)16-23(27-28)18-8-12-20(29-3)13-9-18/h4-15,17,24,26H,16H2,1-3H3. The van der Waals surface area contributed by atoms with Crippen molar-refractivity contribution in [3.05, 3.63) is 89.5 Å². The first kappa shape index (κ1) is 19.5. The fourth-order valence-electron chi connectivity index (χ4n) is 4.20. The van der Waals surface area contributed by atoms with Gasteiger partial charge in [-0.3, -0.25) is 0 Å². The van der Waals surface area contributed by atoms with Crippen molar-refractivity contribution in [3.8, 4) is 17.2 Å². The lowest BCUT2D eigenvalue weighted by molar-refractivity contribution is -0.0190. The minimum Gasteiger partial charge on any atom is -0.497 e. The van der Waals surface area contributed by atoms with Crippen LogP contribution in [0.4, 0.5) is 0 Å². The molecule has 3 aromatic carbocycles. The van der Waals surface area contributed by atoms with Crippen molar-refractivity contribution < 1.29 is 14.2 Å². The maximum absolute atomic E-state index is 6.43. The van der Waals surface area contributed by atoms with Crippen molar-refractivity contribution in [1.29, 1.82) is 0 Å². The Morgan fingerprint density at radius 1 is 0.935 bits per heavy atom. The van der Waals surface area contributed by atoms with Crippen LogP contribution in [0, 0.1) is 0 Å². The molecule has 0 amide bonds. The summed E-state index contributed by atoms with van der Waals surface area (Å²) in [5, 5.41) is 7.11. The summed E-state index contributed by atoms with van der Waals surface area (Å²) in [7, 11) is 1.68. The Morgan fingerprint density at radius 2 is 1.65 bits per heavy atom. The maximum atomic E-state index is 6.43. The number of rotatable bonds is 5. The second kappa shape index (κ2) is 7.99. The second-order valence-electron chi connectivity index (χ2n) is 8.12. The van der Waals surface area contributed by atoms with Gasteiger partial charge in [0.15, 0.2) is 0 Å². The van der Waals surface area contributed by atoms with Crippen molar-refractivity contribution in [2.45, 2.75) is 38.6 Å². The van der Waals surface area contributed by atoms with E-state index in [1.54, 1.807) is 7.11 Å². The number of fused-ring (bicyclic) bond motifs is 3. The van der Waals surface area contributed by atoms with Gasteiger partial charge in [-0.1, -0.05) is 18.2 Å². The van der Waals surface area contributed by atoms with Gasteiger partial charge in [-0.2, -0.15) is 5.10 Å². The zero-order valence-corrected chi connectivity index (χ0v) is 18.0. The molecule has 3 aromatic rings. The molecule has 5 rings (SSSR count). The Balaban J connectivity index is 1.50. The molecule has 0 bridgehead atoms. The fourth-order valence-corrected chi connectivity index (χ4v) is 4.20. The number of methoxy groups -OCH3 is 1. The summed E-state index contributed by atoms with van der Waals surface area (Å²) in [6.45, 7) is 4.05. The van der Waals surface area contributed by atoms with Gasteiger partial charge in [0, 0.05) is 17.5 Å². The lowest BCUT2D eigenvalue weighted by atomic mass is 9.96. The average molecular weight is 415 g/mol.